The van der Waals surface area contributed by atoms with E-state index in [1.165, 1.54) is 25.4 Å². The lowest BCUT2D eigenvalue weighted by molar-refractivity contribution is 0.0964. The Bertz CT molecular complexity index is 891. The average molecular weight is 346 g/mol. The second-order valence-electron chi connectivity index (χ2n) is 5.16. The largest absolute Gasteiger partial charge is 0.593 e. The van der Waals surface area contributed by atoms with Gasteiger partial charge in [0.25, 0.3) is 5.91 Å². The van der Waals surface area contributed by atoms with Crippen molar-refractivity contribution >= 4 is 33.9 Å². The molecule has 0 radical (unpaired) electrons. The fourth-order valence-electron chi connectivity index (χ4n) is 2.48. The fraction of sp³-hybridized carbons (Fsp3) is 0.118. The van der Waals surface area contributed by atoms with Crippen LogP contribution in [0.2, 0.25) is 0 Å². The van der Waals surface area contributed by atoms with Gasteiger partial charge in [0.2, 0.25) is 0 Å². The summed E-state index contributed by atoms with van der Waals surface area (Å²) in [4.78, 5) is 12.3. The van der Waals surface area contributed by atoms with Crippen molar-refractivity contribution < 1.29 is 18.2 Å². The van der Waals surface area contributed by atoms with Gasteiger partial charge in [0.15, 0.2) is 0 Å². The van der Waals surface area contributed by atoms with Crippen LogP contribution in [0.3, 0.4) is 0 Å². The predicted octanol–water partition coefficient (Wildman–Crippen LogP) is 3.30. The number of halogens is 1. The monoisotopic (exact) mass is 346 g/mol. The third-order valence-corrected chi connectivity index (χ3v) is 4.04. The summed E-state index contributed by atoms with van der Waals surface area (Å²) in [5.41, 5.74) is 2.07. The molecule has 0 aliphatic carbocycles. The van der Waals surface area contributed by atoms with Crippen LogP contribution in [-0.2, 0) is 11.4 Å². The van der Waals surface area contributed by atoms with Gasteiger partial charge in [0.1, 0.15) is 23.4 Å². The van der Waals surface area contributed by atoms with Crippen molar-refractivity contribution in [1.82, 2.24) is 5.32 Å². The zero-order valence-corrected chi connectivity index (χ0v) is 13.9. The highest BCUT2D eigenvalue weighted by atomic mass is 32.2. The minimum atomic E-state index is -1.22. The van der Waals surface area contributed by atoms with Gasteiger partial charge in [-0.05, 0) is 36.4 Å². The first-order chi connectivity index (χ1) is 11.5. The van der Waals surface area contributed by atoms with Crippen LogP contribution in [0.25, 0.3) is 22.3 Å². The highest BCUT2D eigenvalue weighted by Gasteiger charge is 2.21. The van der Waals surface area contributed by atoms with E-state index in [0.717, 1.165) is 0 Å². The molecule has 3 aromatic rings. The number of fused-ring (bicyclic) bond motifs is 1. The minimum Gasteiger partial charge on any atom is -0.593 e. The van der Waals surface area contributed by atoms with E-state index in [-0.39, 0.29) is 11.7 Å². The molecule has 2 N–H and O–H groups in total. The highest BCUT2D eigenvalue weighted by Crippen LogP contribution is 2.35. The predicted molar refractivity (Wildman–Crippen MR) is 92.7 cm³/mol. The first kappa shape index (κ1) is 16.4. The molecular weight excluding hydrogens is 331 g/mol. The van der Waals surface area contributed by atoms with Crippen molar-refractivity contribution in [3.05, 3.63) is 53.8 Å². The number of anilines is 1. The number of hydrogen-bond acceptors (Lipinski definition) is 4. The molecule has 2 aromatic carbocycles. The summed E-state index contributed by atoms with van der Waals surface area (Å²) in [6.07, 6.45) is 1.52. The number of nitrogens with one attached hydrogen (secondary N) is 2. The molecule has 1 amide bonds. The standard InChI is InChI=1S/C17H15FN2O3S/c1-19-17(21)15-13-8-7-12(20-24(2)22)9-14(13)23-16(15)10-3-5-11(18)6-4-10/h3-9,20H,1-2H3,(H,19,21). The number of amides is 1. The van der Waals surface area contributed by atoms with Crippen LogP contribution >= 0.6 is 0 Å². The molecule has 1 unspecified atom stereocenters. The molecule has 0 bridgehead atoms. The van der Waals surface area contributed by atoms with E-state index in [9.17, 15) is 13.7 Å². The zero-order valence-electron chi connectivity index (χ0n) is 13.1. The second kappa shape index (κ2) is 6.54. The molecule has 3 rings (SSSR count). The maximum atomic E-state index is 13.2. The maximum Gasteiger partial charge on any atom is 0.255 e. The summed E-state index contributed by atoms with van der Waals surface area (Å²) in [5, 5.41) is 3.22. The van der Waals surface area contributed by atoms with E-state index in [1.54, 1.807) is 30.3 Å². The van der Waals surface area contributed by atoms with E-state index >= 15 is 0 Å². The van der Waals surface area contributed by atoms with Gasteiger partial charge in [-0.3, -0.25) is 4.79 Å². The zero-order chi connectivity index (χ0) is 17.3. The van der Waals surface area contributed by atoms with E-state index in [4.69, 9.17) is 4.42 Å². The molecule has 24 heavy (non-hydrogen) atoms. The Kier molecular flexibility index (Phi) is 4.46. The van der Waals surface area contributed by atoms with E-state index < -0.39 is 11.4 Å². The molecule has 0 aliphatic heterocycles. The number of carbonyl (C=O) groups excluding carboxylic acids is 1. The molecule has 1 heterocycles. The van der Waals surface area contributed by atoms with Gasteiger partial charge in [-0.15, -0.1) is 0 Å². The van der Waals surface area contributed by atoms with Gasteiger partial charge in [-0.2, -0.15) is 0 Å². The lowest BCUT2D eigenvalue weighted by atomic mass is 10.0. The molecule has 124 valence electrons. The number of hydrogen-bond donors (Lipinski definition) is 2. The van der Waals surface area contributed by atoms with Gasteiger partial charge in [0, 0.05) is 24.1 Å². The number of furan rings is 1. The molecule has 0 aliphatic rings. The van der Waals surface area contributed by atoms with Crippen molar-refractivity contribution in [2.45, 2.75) is 0 Å². The van der Waals surface area contributed by atoms with Crippen LogP contribution in [0.15, 0.2) is 46.9 Å². The molecule has 7 heteroatoms. The summed E-state index contributed by atoms with van der Waals surface area (Å²) < 4.78 is 33.1. The van der Waals surface area contributed by atoms with Crippen molar-refractivity contribution in [2.24, 2.45) is 0 Å². The van der Waals surface area contributed by atoms with Crippen molar-refractivity contribution in [2.75, 3.05) is 18.0 Å². The molecule has 0 spiro atoms. The summed E-state index contributed by atoms with van der Waals surface area (Å²) in [5.74, 6) is -0.305. The summed E-state index contributed by atoms with van der Waals surface area (Å²) >= 11 is -1.22. The Labute approximate surface area is 141 Å². The molecule has 1 atom stereocenters. The average Bonchev–Trinajstić information content (AvgIpc) is 2.92. The molecular formula is C17H15FN2O3S. The highest BCUT2D eigenvalue weighted by molar-refractivity contribution is 7.92. The van der Waals surface area contributed by atoms with Crippen LogP contribution in [0.4, 0.5) is 10.1 Å². The van der Waals surface area contributed by atoms with Crippen LogP contribution in [0.5, 0.6) is 0 Å². The van der Waals surface area contributed by atoms with Crippen molar-refractivity contribution in [3.63, 3.8) is 0 Å². The lowest BCUT2D eigenvalue weighted by Gasteiger charge is -2.06. The topological polar surface area (TPSA) is 77.3 Å². The number of rotatable bonds is 4. The lowest BCUT2D eigenvalue weighted by Crippen LogP contribution is -2.18. The molecule has 0 saturated carbocycles. The summed E-state index contributed by atoms with van der Waals surface area (Å²) in [6, 6.07) is 10.9. The van der Waals surface area contributed by atoms with Gasteiger partial charge >= 0.3 is 0 Å². The van der Waals surface area contributed by atoms with Crippen molar-refractivity contribution in [3.8, 4) is 11.3 Å². The number of benzene rings is 2. The normalized spacial score (nSPS) is 12.2. The van der Waals surface area contributed by atoms with Crippen LogP contribution in [0.1, 0.15) is 10.4 Å². The molecule has 5 nitrogen and oxygen atoms in total. The Morgan fingerprint density at radius 1 is 1.21 bits per heavy atom. The molecule has 1 aromatic heterocycles. The van der Waals surface area contributed by atoms with Crippen molar-refractivity contribution in [1.29, 1.82) is 0 Å². The first-order valence-electron chi connectivity index (χ1n) is 7.14. The smallest absolute Gasteiger partial charge is 0.255 e. The fourth-order valence-corrected chi connectivity index (χ4v) is 2.94. The Hall–Kier alpha value is -2.51. The summed E-state index contributed by atoms with van der Waals surface area (Å²) in [6.45, 7) is 0. The van der Waals surface area contributed by atoms with E-state index in [1.807, 2.05) is 0 Å². The molecule has 0 fully saturated rings. The SMILES string of the molecule is CNC(=O)c1c(-c2ccc(F)cc2)oc2cc(N[S+](C)[O-])ccc12. The second-order valence-corrected chi connectivity index (χ2v) is 6.27. The van der Waals surface area contributed by atoms with Crippen LogP contribution in [0, 0.1) is 5.82 Å². The van der Waals surface area contributed by atoms with E-state index in [0.29, 0.717) is 33.5 Å². The minimum absolute atomic E-state index is 0.298. The maximum absolute atomic E-state index is 13.2. The Morgan fingerprint density at radius 2 is 1.92 bits per heavy atom. The van der Waals surface area contributed by atoms with Crippen LogP contribution < -0.4 is 10.0 Å². The molecule has 0 saturated heterocycles. The Balaban J connectivity index is 2.19. The quantitative estimate of drug-likeness (QED) is 0.711. The van der Waals surface area contributed by atoms with Crippen LogP contribution in [-0.4, -0.2) is 23.8 Å². The number of carbonyl (C=O) groups is 1. The Morgan fingerprint density at radius 3 is 2.54 bits per heavy atom. The third kappa shape index (κ3) is 3.08. The third-order valence-electron chi connectivity index (χ3n) is 3.51. The first-order valence-corrected chi connectivity index (χ1v) is 8.70. The van der Waals surface area contributed by atoms with E-state index in [2.05, 4.69) is 10.0 Å². The van der Waals surface area contributed by atoms with Gasteiger partial charge in [0.05, 0.1) is 22.6 Å². The van der Waals surface area contributed by atoms with Gasteiger partial charge in [-0.1, -0.05) is 0 Å². The van der Waals surface area contributed by atoms with Gasteiger partial charge < -0.3 is 14.3 Å². The van der Waals surface area contributed by atoms with Gasteiger partial charge in [-0.25, -0.2) is 9.11 Å². The summed E-state index contributed by atoms with van der Waals surface area (Å²) in [7, 11) is 1.53.